The summed E-state index contributed by atoms with van der Waals surface area (Å²) in [6, 6.07) is 8.25. The number of rotatable bonds is 4. The summed E-state index contributed by atoms with van der Waals surface area (Å²) in [6.45, 7) is 6.50. The molecule has 0 bridgehead atoms. The summed E-state index contributed by atoms with van der Waals surface area (Å²) in [5, 5.41) is 9.30. The number of fused-ring (bicyclic) bond motifs is 2. The van der Waals surface area contributed by atoms with Crippen LogP contribution in [0.2, 0.25) is 0 Å². The van der Waals surface area contributed by atoms with Crippen LogP contribution in [0.3, 0.4) is 0 Å². The van der Waals surface area contributed by atoms with Gasteiger partial charge in [0.1, 0.15) is 0 Å². The number of aryl methyl sites for hydroxylation is 2. The lowest BCUT2D eigenvalue weighted by Gasteiger charge is -2.03. The van der Waals surface area contributed by atoms with Crippen molar-refractivity contribution in [2.45, 2.75) is 40.2 Å². The van der Waals surface area contributed by atoms with Crippen LogP contribution in [0.15, 0.2) is 24.3 Å². The number of hydrogen-bond donors (Lipinski definition) is 1. The second kappa shape index (κ2) is 5.75. The van der Waals surface area contributed by atoms with Gasteiger partial charge in [0, 0.05) is 18.9 Å². The minimum Gasteiger partial charge on any atom is -0.309 e. The third kappa shape index (κ3) is 2.66. The van der Waals surface area contributed by atoms with Crippen LogP contribution >= 0.6 is 0 Å². The Hall–Kier alpha value is -2.43. The van der Waals surface area contributed by atoms with Crippen LogP contribution in [0.4, 0.5) is 5.82 Å². The first-order valence-corrected chi connectivity index (χ1v) is 7.64. The predicted molar refractivity (Wildman–Crippen MR) is 89.0 cm³/mol. The molecule has 0 fully saturated rings. The Morgan fingerprint density at radius 1 is 1.32 bits per heavy atom. The molecule has 3 rings (SSSR count). The molecule has 1 amide bonds. The van der Waals surface area contributed by atoms with Gasteiger partial charge in [0.15, 0.2) is 11.5 Å². The number of benzene rings is 1. The van der Waals surface area contributed by atoms with Crippen molar-refractivity contribution >= 4 is 33.7 Å². The van der Waals surface area contributed by atoms with E-state index in [1.807, 2.05) is 10.7 Å². The highest BCUT2D eigenvalue weighted by Gasteiger charge is 2.14. The Morgan fingerprint density at radius 3 is 2.86 bits per heavy atom. The first-order valence-electron chi connectivity index (χ1n) is 7.64. The zero-order valence-electron chi connectivity index (χ0n) is 13.2. The number of unbranched alkanes of at least 4 members (excludes halogenated alkanes) is 1. The molecule has 2 heterocycles. The van der Waals surface area contributed by atoms with Crippen molar-refractivity contribution in [3.63, 3.8) is 0 Å². The molecule has 5 nitrogen and oxygen atoms in total. The quantitative estimate of drug-likeness (QED) is 0.799. The lowest BCUT2D eigenvalue weighted by molar-refractivity contribution is -0.114. The fraction of sp³-hybridized carbons (Fsp3) is 0.353. The van der Waals surface area contributed by atoms with Gasteiger partial charge in [-0.2, -0.15) is 5.10 Å². The average Bonchev–Trinajstić information content (AvgIpc) is 2.79. The number of carbonyl (C=O) groups excluding carboxylic acids is 1. The molecule has 0 aliphatic heterocycles. The summed E-state index contributed by atoms with van der Waals surface area (Å²) in [6.07, 6.45) is 2.12. The van der Waals surface area contributed by atoms with Gasteiger partial charge in [-0.1, -0.05) is 25.0 Å². The Labute approximate surface area is 129 Å². The Bertz CT molecular complexity index is 851. The van der Waals surface area contributed by atoms with Crippen LogP contribution in [0.25, 0.3) is 21.9 Å². The summed E-state index contributed by atoms with van der Waals surface area (Å²) in [5.74, 6) is 0.473. The van der Waals surface area contributed by atoms with Crippen molar-refractivity contribution in [1.29, 1.82) is 0 Å². The number of carbonyl (C=O) groups is 1. The second-order valence-electron chi connectivity index (χ2n) is 5.66. The minimum atomic E-state index is -0.119. The molecule has 2 aromatic heterocycles. The van der Waals surface area contributed by atoms with Crippen LogP contribution < -0.4 is 5.32 Å². The number of anilines is 1. The SMILES string of the molecule is CCCCn1nc(NC(C)=O)c2cc3cc(C)ccc3nc21. The van der Waals surface area contributed by atoms with Crippen molar-refractivity contribution < 1.29 is 4.79 Å². The molecule has 0 saturated heterocycles. The zero-order valence-corrected chi connectivity index (χ0v) is 13.2. The summed E-state index contributed by atoms with van der Waals surface area (Å²) in [7, 11) is 0. The van der Waals surface area contributed by atoms with Crippen LogP contribution in [-0.2, 0) is 11.3 Å². The van der Waals surface area contributed by atoms with E-state index < -0.39 is 0 Å². The lowest BCUT2D eigenvalue weighted by atomic mass is 10.1. The molecule has 0 aliphatic rings. The van der Waals surface area contributed by atoms with E-state index in [2.05, 4.69) is 42.5 Å². The minimum absolute atomic E-state index is 0.119. The van der Waals surface area contributed by atoms with E-state index in [0.29, 0.717) is 5.82 Å². The fourth-order valence-electron chi connectivity index (χ4n) is 2.60. The van der Waals surface area contributed by atoms with Crippen LogP contribution in [0.5, 0.6) is 0 Å². The molecule has 114 valence electrons. The van der Waals surface area contributed by atoms with Gasteiger partial charge in [-0.3, -0.25) is 4.79 Å². The second-order valence-corrected chi connectivity index (χ2v) is 5.66. The van der Waals surface area contributed by atoms with E-state index in [4.69, 9.17) is 4.98 Å². The first kappa shape index (κ1) is 14.5. The molecule has 0 aliphatic carbocycles. The summed E-state index contributed by atoms with van der Waals surface area (Å²) >= 11 is 0. The molecule has 1 N–H and O–H groups in total. The number of aromatic nitrogens is 3. The zero-order chi connectivity index (χ0) is 15.7. The Kier molecular flexibility index (Phi) is 3.79. The molecule has 0 saturated carbocycles. The third-order valence-corrected chi connectivity index (χ3v) is 3.69. The van der Waals surface area contributed by atoms with Gasteiger partial charge in [0.2, 0.25) is 5.91 Å². The molecular formula is C17H20N4O. The molecule has 0 radical (unpaired) electrons. The average molecular weight is 296 g/mol. The van der Waals surface area contributed by atoms with Gasteiger partial charge >= 0.3 is 0 Å². The van der Waals surface area contributed by atoms with Crippen LogP contribution in [0.1, 0.15) is 32.3 Å². The molecule has 3 aromatic rings. The van der Waals surface area contributed by atoms with Gasteiger partial charge in [-0.15, -0.1) is 0 Å². The van der Waals surface area contributed by atoms with E-state index in [1.165, 1.54) is 12.5 Å². The van der Waals surface area contributed by atoms with Crippen molar-refractivity contribution in [3.8, 4) is 0 Å². The summed E-state index contributed by atoms with van der Waals surface area (Å²) in [5.41, 5.74) is 2.96. The van der Waals surface area contributed by atoms with Gasteiger partial charge in [0.25, 0.3) is 0 Å². The standard InChI is InChI=1S/C17H20N4O/c1-4-5-8-21-17-14(16(20-21)18-12(3)22)10-13-9-11(2)6-7-15(13)19-17/h6-7,9-10H,4-5,8H2,1-3H3,(H,18,20,22). The number of amides is 1. The van der Waals surface area contributed by atoms with E-state index in [-0.39, 0.29) is 5.91 Å². The summed E-state index contributed by atoms with van der Waals surface area (Å²) < 4.78 is 1.89. The highest BCUT2D eigenvalue weighted by atomic mass is 16.1. The van der Waals surface area contributed by atoms with E-state index in [1.54, 1.807) is 0 Å². The molecule has 22 heavy (non-hydrogen) atoms. The van der Waals surface area contributed by atoms with Crippen LogP contribution in [-0.4, -0.2) is 20.7 Å². The van der Waals surface area contributed by atoms with Crippen molar-refractivity contribution in [2.75, 3.05) is 5.32 Å². The molecular weight excluding hydrogens is 276 g/mol. The monoisotopic (exact) mass is 296 g/mol. The lowest BCUT2D eigenvalue weighted by Crippen LogP contribution is -2.07. The van der Waals surface area contributed by atoms with Crippen molar-refractivity contribution in [3.05, 3.63) is 29.8 Å². The molecule has 0 spiro atoms. The van der Waals surface area contributed by atoms with Gasteiger partial charge in [-0.25, -0.2) is 9.67 Å². The van der Waals surface area contributed by atoms with Gasteiger partial charge in [0.05, 0.1) is 10.9 Å². The maximum absolute atomic E-state index is 11.4. The Morgan fingerprint density at radius 2 is 2.14 bits per heavy atom. The van der Waals surface area contributed by atoms with E-state index >= 15 is 0 Å². The maximum Gasteiger partial charge on any atom is 0.222 e. The molecule has 1 aromatic carbocycles. The number of nitrogens with zero attached hydrogens (tertiary/aromatic N) is 3. The highest BCUT2D eigenvalue weighted by Crippen LogP contribution is 2.26. The predicted octanol–water partition coefficient (Wildman–Crippen LogP) is 3.65. The maximum atomic E-state index is 11.4. The number of nitrogens with one attached hydrogen (secondary N) is 1. The largest absolute Gasteiger partial charge is 0.309 e. The smallest absolute Gasteiger partial charge is 0.222 e. The summed E-state index contributed by atoms with van der Waals surface area (Å²) in [4.78, 5) is 16.2. The highest BCUT2D eigenvalue weighted by molar-refractivity contribution is 6.02. The van der Waals surface area contributed by atoms with Gasteiger partial charge in [-0.05, 0) is 31.5 Å². The normalized spacial score (nSPS) is 11.2. The molecule has 0 unspecified atom stereocenters. The molecule has 0 atom stereocenters. The fourth-order valence-corrected chi connectivity index (χ4v) is 2.60. The van der Waals surface area contributed by atoms with Gasteiger partial charge < -0.3 is 5.32 Å². The number of hydrogen-bond acceptors (Lipinski definition) is 3. The first-order chi connectivity index (χ1) is 10.6. The molecule has 5 heteroatoms. The van der Waals surface area contributed by atoms with E-state index in [9.17, 15) is 4.79 Å². The van der Waals surface area contributed by atoms with Crippen LogP contribution in [0, 0.1) is 6.92 Å². The van der Waals surface area contributed by atoms with Crippen molar-refractivity contribution in [2.24, 2.45) is 0 Å². The number of pyridine rings is 1. The van der Waals surface area contributed by atoms with E-state index in [0.717, 1.165) is 41.3 Å². The Balaban J connectivity index is 2.22. The third-order valence-electron chi connectivity index (χ3n) is 3.69. The van der Waals surface area contributed by atoms with Crippen molar-refractivity contribution in [1.82, 2.24) is 14.8 Å². The topological polar surface area (TPSA) is 59.8 Å².